The number of aromatic nitrogens is 4. The Kier molecular flexibility index (Phi) is 6.80. The van der Waals surface area contributed by atoms with Gasteiger partial charge in [0.2, 0.25) is 5.91 Å². The Bertz CT molecular complexity index is 1200. The third-order valence-electron chi connectivity index (χ3n) is 5.16. The van der Waals surface area contributed by atoms with Crippen LogP contribution in [0.25, 0.3) is 16.7 Å². The van der Waals surface area contributed by atoms with Crippen molar-refractivity contribution in [2.24, 2.45) is 0 Å². The summed E-state index contributed by atoms with van der Waals surface area (Å²) >= 11 is 1.37. The molecule has 0 radical (unpaired) electrons. The highest BCUT2D eigenvalue weighted by molar-refractivity contribution is 8.00. The number of nitrogens with one attached hydrogen (secondary N) is 1. The molecule has 2 heterocycles. The van der Waals surface area contributed by atoms with Gasteiger partial charge in [-0.1, -0.05) is 42.1 Å². The number of carbonyl (C=O) groups excluding carboxylic acids is 1. The first-order valence-corrected chi connectivity index (χ1v) is 11.3. The highest BCUT2D eigenvalue weighted by atomic mass is 32.2. The van der Waals surface area contributed by atoms with Crippen LogP contribution in [-0.2, 0) is 11.2 Å². The van der Waals surface area contributed by atoms with Gasteiger partial charge in [0.05, 0.1) is 22.5 Å². The van der Waals surface area contributed by atoms with Crippen LogP contribution in [0.4, 0.5) is 4.39 Å². The average molecular weight is 450 g/mol. The summed E-state index contributed by atoms with van der Waals surface area (Å²) in [5.41, 5.74) is 2.57. The van der Waals surface area contributed by atoms with Gasteiger partial charge in [-0.25, -0.2) is 19.0 Å². The van der Waals surface area contributed by atoms with Gasteiger partial charge in [-0.15, -0.1) is 0 Å². The zero-order valence-corrected chi connectivity index (χ0v) is 18.7. The molecule has 164 valence electrons. The molecule has 1 N–H and O–H groups in total. The highest BCUT2D eigenvalue weighted by Crippen LogP contribution is 2.29. The second kappa shape index (κ2) is 9.91. The molecule has 0 bridgehead atoms. The number of thioether (sulfide) groups is 1. The number of carbonyl (C=O) groups is 1. The van der Waals surface area contributed by atoms with E-state index in [0.717, 1.165) is 18.2 Å². The molecular formula is C24H24FN5OS. The van der Waals surface area contributed by atoms with Crippen LogP contribution in [-0.4, -0.2) is 36.9 Å². The molecule has 4 aromatic rings. The van der Waals surface area contributed by atoms with Gasteiger partial charge in [0.25, 0.3) is 0 Å². The van der Waals surface area contributed by atoms with E-state index >= 15 is 0 Å². The number of hydrogen-bond donors (Lipinski definition) is 1. The minimum Gasteiger partial charge on any atom is -0.353 e. The van der Waals surface area contributed by atoms with Gasteiger partial charge in [0.1, 0.15) is 17.2 Å². The summed E-state index contributed by atoms with van der Waals surface area (Å²) < 4.78 is 14.9. The fourth-order valence-electron chi connectivity index (χ4n) is 3.37. The monoisotopic (exact) mass is 449 g/mol. The molecule has 2 aromatic carbocycles. The van der Waals surface area contributed by atoms with Crippen molar-refractivity contribution in [1.29, 1.82) is 0 Å². The van der Waals surface area contributed by atoms with E-state index < -0.39 is 0 Å². The van der Waals surface area contributed by atoms with Gasteiger partial charge in [-0.05, 0) is 56.5 Å². The number of nitrogens with zero attached hydrogens (tertiary/aromatic N) is 4. The summed E-state index contributed by atoms with van der Waals surface area (Å²) in [5, 5.41) is 8.58. The van der Waals surface area contributed by atoms with E-state index in [4.69, 9.17) is 0 Å². The second-order valence-electron chi connectivity index (χ2n) is 7.64. The predicted molar refractivity (Wildman–Crippen MR) is 124 cm³/mol. The Morgan fingerprint density at radius 3 is 2.59 bits per heavy atom. The van der Waals surface area contributed by atoms with Crippen LogP contribution >= 0.6 is 11.8 Å². The number of aryl methyl sites for hydroxylation is 1. The van der Waals surface area contributed by atoms with E-state index in [1.54, 1.807) is 23.0 Å². The van der Waals surface area contributed by atoms with Crippen molar-refractivity contribution >= 4 is 28.7 Å². The zero-order valence-electron chi connectivity index (χ0n) is 17.9. The van der Waals surface area contributed by atoms with Gasteiger partial charge in [-0.3, -0.25) is 4.79 Å². The summed E-state index contributed by atoms with van der Waals surface area (Å²) in [4.78, 5) is 21.4. The van der Waals surface area contributed by atoms with Gasteiger partial charge >= 0.3 is 0 Å². The van der Waals surface area contributed by atoms with Crippen LogP contribution < -0.4 is 5.32 Å². The van der Waals surface area contributed by atoms with Crippen LogP contribution in [0.1, 0.15) is 25.8 Å². The molecular weight excluding hydrogens is 425 g/mol. The quantitative estimate of drug-likeness (QED) is 0.315. The molecule has 0 aliphatic rings. The Balaban J connectivity index is 1.41. The SMILES string of the molecule is CC(CCc1ccccc1)NC(=O)C(C)Sc1ncnc2c1cnn2-c1ccc(F)cc1. The normalized spacial score (nSPS) is 13.1. The molecule has 0 saturated heterocycles. The minimum atomic E-state index is -0.332. The second-order valence-corrected chi connectivity index (χ2v) is 8.97. The summed E-state index contributed by atoms with van der Waals surface area (Å²) in [5.74, 6) is -0.345. The lowest BCUT2D eigenvalue weighted by molar-refractivity contribution is -0.120. The van der Waals surface area contributed by atoms with Gasteiger partial charge in [0, 0.05) is 6.04 Å². The summed E-state index contributed by atoms with van der Waals surface area (Å²) in [6, 6.07) is 16.4. The summed E-state index contributed by atoms with van der Waals surface area (Å²) in [7, 11) is 0. The Hall–Kier alpha value is -3.26. The van der Waals surface area contributed by atoms with Crippen molar-refractivity contribution < 1.29 is 9.18 Å². The van der Waals surface area contributed by atoms with Crippen LogP contribution in [0, 0.1) is 5.82 Å². The van der Waals surface area contributed by atoms with Gasteiger partial charge < -0.3 is 5.32 Å². The first-order chi connectivity index (χ1) is 15.5. The molecule has 0 aliphatic heterocycles. The molecule has 0 spiro atoms. The fourth-order valence-corrected chi connectivity index (χ4v) is 4.26. The van der Waals surface area contributed by atoms with Crippen molar-refractivity contribution in [2.75, 3.05) is 0 Å². The molecule has 0 saturated carbocycles. The molecule has 1 amide bonds. The molecule has 0 aliphatic carbocycles. The Morgan fingerprint density at radius 2 is 1.84 bits per heavy atom. The van der Waals surface area contributed by atoms with Gasteiger partial charge in [0.15, 0.2) is 5.65 Å². The van der Waals surface area contributed by atoms with Gasteiger partial charge in [-0.2, -0.15) is 5.10 Å². The first kappa shape index (κ1) is 22.0. The highest BCUT2D eigenvalue weighted by Gasteiger charge is 2.20. The average Bonchev–Trinajstić information content (AvgIpc) is 3.24. The van der Waals surface area contributed by atoms with E-state index in [2.05, 4.69) is 32.5 Å². The van der Waals surface area contributed by atoms with Crippen molar-refractivity contribution in [3.8, 4) is 5.69 Å². The number of amides is 1. The third-order valence-corrected chi connectivity index (χ3v) is 6.27. The first-order valence-electron chi connectivity index (χ1n) is 10.5. The maximum Gasteiger partial charge on any atom is 0.233 e. The number of halogens is 1. The summed E-state index contributed by atoms with van der Waals surface area (Å²) in [6.07, 6.45) is 4.92. The Morgan fingerprint density at radius 1 is 1.09 bits per heavy atom. The predicted octanol–water partition coefficient (Wildman–Crippen LogP) is 4.57. The molecule has 32 heavy (non-hydrogen) atoms. The van der Waals surface area contributed by atoms with Crippen LogP contribution in [0.15, 0.2) is 72.1 Å². The maximum atomic E-state index is 13.3. The smallest absolute Gasteiger partial charge is 0.233 e. The van der Waals surface area contributed by atoms with E-state index in [1.807, 2.05) is 32.0 Å². The van der Waals surface area contributed by atoms with Crippen molar-refractivity contribution in [3.63, 3.8) is 0 Å². The number of hydrogen-bond acceptors (Lipinski definition) is 5. The summed E-state index contributed by atoms with van der Waals surface area (Å²) in [6.45, 7) is 3.89. The van der Waals surface area contributed by atoms with Crippen molar-refractivity contribution in [2.45, 2.75) is 43.0 Å². The molecule has 6 nitrogen and oxygen atoms in total. The lowest BCUT2D eigenvalue weighted by Crippen LogP contribution is -2.37. The number of rotatable bonds is 8. The molecule has 2 atom stereocenters. The number of benzene rings is 2. The topological polar surface area (TPSA) is 72.7 Å². The molecule has 2 aromatic heterocycles. The van der Waals surface area contributed by atoms with E-state index in [-0.39, 0.29) is 23.0 Å². The van der Waals surface area contributed by atoms with E-state index in [0.29, 0.717) is 16.4 Å². The minimum absolute atomic E-state index is 0.0340. The van der Waals surface area contributed by atoms with Crippen LogP contribution in [0.2, 0.25) is 0 Å². The lowest BCUT2D eigenvalue weighted by Gasteiger charge is -2.17. The molecule has 2 unspecified atom stereocenters. The largest absolute Gasteiger partial charge is 0.353 e. The molecule has 4 rings (SSSR count). The van der Waals surface area contributed by atoms with Crippen LogP contribution in [0.5, 0.6) is 0 Å². The molecule has 0 fully saturated rings. The fraction of sp³-hybridized carbons (Fsp3) is 0.250. The standard InChI is InChI=1S/C24H24FN5OS/c1-16(8-9-18-6-4-3-5-7-18)29-23(31)17(2)32-24-21-14-28-30(22(21)26-15-27-24)20-12-10-19(25)11-13-20/h3-7,10-17H,8-9H2,1-2H3,(H,29,31). The Labute approximate surface area is 190 Å². The van der Waals surface area contributed by atoms with E-state index in [9.17, 15) is 9.18 Å². The van der Waals surface area contributed by atoms with Crippen molar-refractivity contribution in [1.82, 2.24) is 25.1 Å². The lowest BCUT2D eigenvalue weighted by atomic mass is 10.1. The third kappa shape index (κ3) is 5.13. The van der Waals surface area contributed by atoms with Crippen molar-refractivity contribution in [3.05, 3.63) is 78.5 Å². The van der Waals surface area contributed by atoms with Crippen LogP contribution in [0.3, 0.4) is 0 Å². The molecule has 8 heteroatoms. The van der Waals surface area contributed by atoms with E-state index in [1.165, 1.54) is 35.8 Å². The maximum absolute atomic E-state index is 13.3. The zero-order chi connectivity index (χ0) is 22.5. The number of fused-ring (bicyclic) bond motifs is 1.